The van der Waals surface area contributed by atoms with Crippen LogP contribution in [-0.2, 0) is 9.53 Å². The number of cyclic esters (lactones) is 1. The number of carboxylic acids is 1. The Hall–Kier alpha value is -3.61. The lowest BCUT2D eigenvalue weighted by molar-refractivity contribution is -0.132. The molecule has 3 N–H and O–H groups in total. The SMILES string of the molecule is NC1=Nc2ccc(-c3ccc(N4CCOC4=O)cc3)cc2C=C(C(=O)O)C1. The summed E-state index contributed by atoms with van der Waals surface area (Å²) in [4.78, 5) is 28.9. The van der Waals surface area contributed by atoms with Gasteiger partial charge in [0.1, 0.15) is 12.4 Å². The second-order valence-corrected chi connectivity index (χ2v) is 6.34. The van der Waals surface area contributed by atoms with Crippen LogP contribution in [0, 0.1) is 0 Å². The second-order valence-electron chi connectivity index (χ2n) is 6.34. The second kappa shape index (κ2) is 6.60. The molecule has 0 aromatic heterocycles. The zero-order valence-corrected chi connectivity index (χ0v) is 14.4. The number of ether oxygens (including phenoxy) is 1. The number of rotatable bonds is 3. The first-order chi connectivity index (χ1) is 13.0. The molecule has 1 amide bonds. The van der Waals surface area contributed by atoms with Crippen LogP contribution in [0.25, 0.3) is 17.2 Å². The smallest absolute Gasteiger partial charge is 0.414 e. The number of carbonyl (C=O) groups excluding carboxylic acids is 1. The van der Waals surface area contributed by atoms with Gasteiger partial charge in [-0.15, -0.1) is 0 Å². The summed E-state index contributed by atoms with van der Waals surface area (Å²) in [7, 11) is 0. The molecular formula is C20H17N3O4. The number of carboxylic acid groups (broad SMARTS) is 1. The Morgan fingerprint density at radius 3 is 2.56 bits per heavy atom. The third kappa shape index (κ3) is 3.27. The molecule has 0 unspecified atom stereocenters. The number of anilines is 1. The van der Waals surface area contributed by atoms with Gasteiger partial charge in [0.2, 0.25) is 0 Å². The van der Waals surface area contributed by atoms with Crippen molar-refractivity contribution in [2.24, 2.45) is 10.7 Å². The summed E-state index contributed by atoms with van der Waals surface area (Å²) in [6.07, 6.45) is 1.38. The van der Waals surface area contributed by atoms with Crippen molar-refractivity contribution in [3.05, 3.63) is 53.6 Å². The Labute approximate surface area is 155 Å². The number of benzene rings is 2. The fourth-order valence-corrected chi connectivity index (χ4v) is 3.18. The lowest BCUT2D eigenvalue weighted by Crippen LogP contribution is -2.23. The molecule has 2 aliphatic rings. The molecule has 0 saturated carbocycles. The van der Waals surface area contributed by atoms with E-state index >= 15 is 0 Å². The van der Waals surface area contributed by atoms with Gasteiger partial charge >= 0.3 is 12.1 Å². The summed E-state index contributed by atoms with van der Waals surface area (Å²) < 4.78 is 4.96. The molecule has 2 heterocycles. The number of aliphatic carboxylic acids is 1. The van der Waals surface area contributed by atoms with Crippen LogP contribution in [0.3, 0.4) is 0 Å². The summed E-state index contributed by atoms with van der Waals surface area (Å²) in [5, 5.41) is 9.33. The molecular weight excluding hydrogens is 346 g/mol. The number of hydrogen-bond donors (Lipinski definition) is 2. The van der Waals surface area contributed by atoms with Crippen LogP contribution < -0.4 is 10.6 Å². The van der Waals surface area contributed by atoms with Crippen molar-refractivity contribution in [2.75, 3.05) is 18.1 Å². The molecule has 0 radical (unpaired) electrons. The predicted octanol–water partition coefficient (Wildman–Crippen LogP) is 3.17. The Bertz CT molecular complexity index is 993. The van der Waals surface area contributed by atoms with E-state index in [4.69, 9.17) is 10.5 Å². The number of amides is 1. The monoisotopic (exact) mass is 363 g/mol. The highest BCUT2D eigenvalue weighted by molar-refractivity contribution is 6.02. The third-order valence-corrected chi connectivity index (χ3v) is 4.54. The van der Waals surface area contributed by atoms with Crippen molar-refractivity contribution in [3.63, 3.8) is 0 Å². The van der Waals surface area contributed by atoms with Gasteiger partial charge in [0.25, 0.3) is 0 Å². The van der Waals surface area contributed by atoms with E-state index in [-0.39, 0.29) is 23.9 Å². The minimum atomic E-state index is -1.01. The Kier molecular flexibility index (Phi) is 4.12. The van der Waals surface area contributed by atoms with Gasteiger partial charge in [-0.1, -0.05) is 18.2 Å². The molecule has 7 nitrogen and oxygen atoms in total. The predicted molar refractivity (Wildman–Crippen MR) is 102 cm³/mol. The first kappa shape index (κ1) is 16.8. The van der Waals surface area contributed by atoms with Crippen molar-refractivity contribution >= 4 is 35.3 Å². The summed E-state index contributed by atoms with van der Waals surface area (Å²) in [5.74, 6) is -0.731. The molecule has 0 spiro atoms. The van der Waals surface area contributed by atoms with Crippen LogP contribution in [0.5, 0.6) is 0 Å². The van der Waals surface area contributed by atoms with Crippen LogP contribution in [-0.4, -0.2) is 36.2 Å². The van der Waals surface area contributed by atoms with Gasteiger partial charge in [0.05, 0.1) is 12.2 Å². The number of fused-ring (bicyclic) bond motifs is 1. The quantitative estimate of drug-likeness (QED) is 0.871. The highest BCUT2D eigenvalue weighted by atomic mass is 16.6. The lowest BCUT2D eigenvalue weighted by atomic mass is 10.00. The molecule has 2 aromatic carbocycles. The van der Waals surface area contributed by atoms with E-state index in [1.807, 2.05) is 42.5 Å². The summed E-state index contributed by atoms with van der Waals surface area (Å²) >= 11 is 0. The minimum Gasteiger partial charge on any atom is -0.478 e. The summed E-state index contributed by atoms with van der Waals surface area (Å²) in [6, 6.07) is 13.2. The topological polar surface area (TPSA) is 105 Å². The molecule has 0 atom stereocenters. The number of hydrogen-bond acceptors (Lipinski definition) is 5. The van der Waals surface area contributed by atoms with Gasteiger partial charge < -0.3 is 15.6 Å². The highest BCUT2D eigenvalue weighted by Crippen LogP contribution is 2.32. The van der Waals surface area contributed by atoms with Crippen molar-refractivity contribution in [2.45, 2.75) is 6.42 Å². The van der Waals surface area contributed by atoms with E-state index in [2.05, 4.69) is 4.99 Å². The number of nitrogens with zero attached hydrogens (tertiary/aromatic N) is 2. The molecule has 0 bridgehead atoms. The molecule has 136 valence electrons. The molecule has 4 rings (SSSR count). The Morgan fingerprint density at radius 2 is 1.89 bits per heavy atom. The average molecular weight is 363 g/mol. The van der Waals surface area contributed by atoms with Crippen molar-refractivity contribution in [3.8, 4) is 11.1 Å². The van der Waals surface area contributed by atoms with Crippen LogP contribution in [0.15, 0.2) is 53.0 Å². The fraction of sp³-hybridized carbons (Fsp3) is 0.150. The Balaban J connectivity index is 1.69. The first-order valence-electron chi connectivity index (χ1n) is 8.47. The van der Waals surface area contributed by atoms with Crippen molar-refractivity contribution < 1.29 is 19.4 Å². The van der Waals surface area contributed by atoms with Crippen molar-refractivity contribution in [1.82, 2.24) is 0 Å². The standard InChI is InChI=1S/C20H17N3O4/c21-18-11-15(19(24)25)10-14-9-13(3-6-17(14)22-18)12-1-4-16(5-2-12)23-7-8-27-20(23)26/h1-6,9-10H,7-8,11H2,(H2,21,22)(H,24,25). The molecule has 7 heteroatoms. The van der Waals surface area contributed by atoms with Gasteiger partial charge in [-0.25, -0.2) is 14.6 Å². The average Bonchev–Trinajstić information content (AvgIpc) is 3.00. The van der Waals surface area contributed by atoms with E-state index in [1.165, 1.54) is 0 Å². The van der Waals surface area contributed by atoms with Gasteiger partial charge in [-0.3, -0.25) is 4.90 Å². The largest absolute Gasteiger partial charge is 0.478 e. The normalized spacial score (nSPS) is 16.1. The molecule has 1 saturated heterocycles. The maximum atomic E-state index is 11.7. The first-order valence-corrected chi connectivity index (χ1v) is 8.47. The van der Waals surface area contributed by atoms with Gasteiger partial charge in [0.15, 0.2) is 0 Å². The molecule has 1 fully saturated rings. The summed E-state index contributed by atoms with van der Waals surface area (Å²) in [5.41, 5.74) is 10.0. The number of nitrogens with two attached hydrogens (primary N) is 1. The van der Waals surface area contributed by atoms with Crippen LogP contribution >= 0.6 is 0 Å². The maximum absolute atomic E-state index is 11.7. The maximum Gasteiger partial charge on any atom is 0.414 e. The third-order valence-electron chi connectivity index (χ3n) is 4.54. The van der Waals surface area contributed by atoms with E-state index < -0.39 is 5.97 Å². The van der Waals surface area contributed by atoms with E-state index in [1.54, 1.807) is 11.0 Å². The van der Waals surface area contributed by atoms with Gasteiger partial charge in [-0.05, 0) is 41.5 Å². The van der Waals surface area contributed by atoms with Gasteiger partial charge in [0, 0.05) is 23.2 Å². The van der Waals surface area contributed by atoms with Crippen LogP contribution in [0.4, 0.5) is 16.2 Å². The van der Waals surface area contributed by atoms with Crippen LogP contribution in [0.2, 0.25) is 0 Å². The molecule has 2 aliphatic heterocycles. The summed E-state index contributed by atoms with van der Waals surface area (Å²) in [6.45, 7) is 0.937. The zero-order valence-electron chi connectivity index (χ0n) is 14.4. The van der Waals surface area contributed by atoms with Gasteiger partial charge in [-0.2, -0.15) is 0 Å². The lowest BCUT2D eigenvalue weighted by Gasteiger charge is -2.13. The number of aliphatic imine (C=N–C) groups is 1. The van der Waals surface area contributed by atoms with Crippen molar-refractivity contribution in [1.29, 1.82) is 0 Å². The minimum absolute atomic E-state index is 0.111. The number of carbonyl (C=O) groups is 2. The number of amidine groups is 1. The molecule has 0 aliphatic carbocycles. The zero-order chi connectivity index (χ0) is 19.0. The van der Waals surface area contributed by atoms with E-state index in [9.17, 15) is 14.7 Å². The Morgan fingerprint density at radius 1 is 1.15 bits per heavy atom. The van der Waals surface area contributed by atoms with E-state index in [0.29, 0.717) is 24.4 Å². The molecule has 27 heavy (non-hydrogen) atoms. The van der Waals surface area contributed by atoms with E-state index in [0.717, 1.165) is 16.8 Å². The molecule has 2 aromatic rings. The highest BCUT2D eigenvalue weighted by Gasteiger charge is 2.23. The van der Waals surface area contributed by atoms with Crippen LogP contribution in [0.1, 0.15) is 12.0 Å². The fourth-order valence-electron chi connectivity index (χ4n) is 3.18.